The Morgan fingerprint density at radius 1 is 0.607 bits per heavy atom. The van der Waals surface area contributed by atoms with Gasteiger partial charge in [0.1, 0.15) is 13.2 Å². The topological polar surface area (TPSA) is 108 Å². The summed E-state index contributed by atoms with van der Waals surface area (Å²) in [5.41, 5.74) is 0. The number of carbonyl (C=O) groups excluding carboxylic acids is 1. The normalized spacial score (nSPS) is 14.3. The molecule has 0 aromatic carbocycles. The van der Waals surface area contributed by atoms with Gasteiger partial charge in [-0.15, -0.1) is 0 Å². The molecule has 0 aromatic rings. The fourth-order valence-electron chi connectivity index (χ4n) is 7.15. The zero-order valence-corrected chi connectivity index (χ0v) is 38.7. The Balaban J connectivity index is 4.20. The lowest BCUT2D eigenvalue weighted by Gasteiger charge is -2.29. The van der Waals surface area contributed by atoms with Crippen LogP contribution < -0.4 is 10.2 Å². The number of quaternary nitrogens is 1. The molecule has 0 saturated carbocycles. The molecular weight excluding hydrogens is 719 g/mol. The Morgan fingerprint density at radius 2 is 0.964 bits per heavy atom. The minimum Gasteiger partial charge on any atom is -0.756 e. The van der Waals surface area contributed by atoms with E-state index in [1.807, 2.05) is 27.2 Å². The average molecular weight is 815 g/mol. The zero-order valence-electron chi connectivity index (χ0n) is 37.9. The van der Waals surface area contributed by atoms with Gasteiger partial charge in [0.05, 0.1) is 39.9 Å². The molecule has 0 rings (SSSR count). The smallest absolute Gasteiger partial charge is 0.268 e. The van der Waals surface area contributed by atoms with E-state index < -0.39 is 20.0 Å². The highest BCUT2D eigenvalue weighted by Crippen LogP contribution is 2.38. The first kappa shape index (κ1) is 55.2. The van der Waals surface area contributed by atoms with Crippen LogP contribution in [0.4, 0.5) is 0 Å². The van der Waals surface area contributed by atoms with E-state index in [0.29, 0.717) is 17.4 Å². The maximum absolute atomic E-state index is 12.8. The Bertz CT molecular complexity index is 927. The van der Waals surface area contributed by atoms with Crippen molar-refractivity contribution in [2.45, 2.75) is 244 Å². The largest absolute Gasteiger partial charge is 0.756 e. The van der Waals surface area contributed by atoms with Crippen molar-refractivity contribution in [3.8, 4) is 0 Å². The number of nitrogens with zero attached hydrogens (tertiary/aromatic N) is 1. The van der Waals surface area contributed by atoms with Crippen LogP contribution in [-0.4, -0.2) is 68.5 Å². The third-order valence-corrected chi connectivity index (χ3v) is 12.0. The summed E-state index contributed by atoms with van der Waals surface area (Å²) in [7, 11) is 1.27. The van der Waals surface area contributed by atoms with Gasteiger partial charge in [0.2, 0.25) is 5.91 Å². The van der Waals surface area contributed by atoms with Crippen LogP contribution in [0.1, 0.15) is 232 Å². The molecule has 0 spiro atoms. The molecule has 0 aliphatic carbocycles. The number of phosphoric ester groups is 1. The summed E-state index contributed by atoms with van der Waals surface area (Å²) in [4.78, 5) is 25.2. The minimum atomic E-state index is -4.58. The lowest BCUT2D eigenvalue weighted by molar-refractivity contribution is -0.870. The Labute approximate surface area is 348 Å². The van der Waals surface area contributed by atoms with Gasteiger partial charge in [-0.1, -0.05) is 219 Å². The molecule has 0 bridgehead atoms. The second kappa shape index (κ2) is 39.7. The van der Waals surface area contributed by atoms with Crippen LogP contribution in [0.2, 0.25) is 0 Å². The Morgan fingerprint density at radius 3 is 1.34 bits per heavy atom. The highest BCUT2D eigenvalue weighted by Gasteiger charge is 2.23. The van der Waals surface area contributed by atoms with Crippen molar-refractivity contribution < 1.29 is 32.9 Å². The summed E-state index contributed by atoms with van der Waals surface area (Å²) in [5, 5.41) is 13.8. The molecule has 8 nitrogen and oxygen atoms in total. The van der Waals surface area contributed by atoms with Crippen molar-refractivity contribution in [1.29, 1.82) is 0 Å². The maximum Gasteiger partial charge on any atom is 0.268 e. The SMILES string of the molecule is CCCCCCCCCCCCCCCCCCCCCCCC/C=C/C(O)C(COP(=O)([O-])OCC[N+](C)(C)C)NC(=O)CCCCCCCCCCCC. The van der Waals surface area contributed by atoms with Crippen molar-refractivity contribution in [3.63, 3.8) is 0 Å². The van der Waals surface area contributed by atoms with Crippen LogP contribution in [0.25, 0.3) is 0 Å². The molecule has 0 aliphatic heterocycles. The van der Waals surface area contributed by atoms with E-state index in [1.165, 1.54) is 173 Å². The molecule has 3 unspecified atom stereocenters. The molecule has 334 valence electrons. The number of aliphatic hydroxyl groups excluding tert-OH is 1. The van der Waals surface area contributed by atoms with E-state index in [2.05, 4.69) is 19.2 Å². The summed E-state index contributed by atoms with van der Waals surface area (Å²) in [6.07, 6.45) is 45.6. The van der Waals surface area contributed by atoms with Gasteiger partial charge >= 0.3 is 0 Å². The first-order valence-corrected chi connectivity index (χ1v) is 25.5. The molecule has 0 heterocycles. The molecule has 0 saturated heterocycles. The lowest BCUT2D eigenvalue weighted by Crippen LogP contribution is -2.45. The van der Waals surface area contributed by atoms with Crippen molar-refractivity contribution >= 4 is 13.7 Å². The van der Waals surface area contributed by atoms with Crippen LogP contribution >= 0.6 is 7.82 Å². The molecular formula is C47H95N2O6P. The molecule has 9 heteroatoms. The van der Waals surface area contributed by atoms with Crippen LogP contribution in [0.15, 0.2) is 12.2 Å². The number of carbonyl (C=O) groups is 1. The lowest BCUT2D eigenvalue weighted by atomic mass is 10.0. The monoisotopic (exact) mass is 815 g/mol. The number of rotatable bonds is 44. The minimum absolute atomic E-state index is 0.00202. The van der Waals surface area contributed by atoms with Gasteiger partial charge in [-0.05, 0) is 19.3 Å². The summed E-state index contributed by atoms with van der Waals surface area (Å²) >= 11 is 0. The quantitative estimate of drug-likeness (QED) is 0.0274. The fourth-order valence-corrected chi connectivity index (χ4v) is 7.88. The highest BCUT2D eigenvalue weighted by atomic mass is 31.2. The van der Waals surface area contributed by atoms with Gasteiger partial charge < -0.3 is 28.8 Å². The summed E-state index contributed by atoms with van der Waals surface area (Å²) in [6.45, 7) is 4.65. The third kappa shape index (κ3) is 41.4. The van der Waals surface area contributed by atoms with Crippen LogP contribution in [-0.2, 0) is 18.4 Å². The first-order valence-electron chi connectivity index (χ1n) is 24.1. The number of hydrogen-bond donors (Lipinski definition) is 2. The van der Waals surface area contributed by atoms with Crippen molar-refractivity contribution in [3.05, 3.63) is 12.2 Å². The number of unbranched alkanes of at least 4 members (excludes halogenated alkanes) is 31. The molecule has 1 amide bonds. The van der Waals surface area contributed by atoms with Crippen molar-refractivity contribution in [2.75, 3.05) is 40.9 Å². The van der Waals surface area contributed by atoms with Gasteiger partial charge in [-0.25, -0.2) is 0 Å². The number of likely N-dealkylation sites (N-methyl/N-ethyl adjacent to an activating group) is 1. The van der Waals surface area contributed by atoms with Crippen LogP contribution in [0.3, 0.4) is 0 Å². The van der Waals surface area contributed by atoms with Gasteiger partial charge in [0.25, 0.3) is 7.82 Å². The van der Waals surface area contributed by atoms with E-state index in [0.717, 1.165) is 38.5 Å². The molecule has 0 fully saturated rings. The van der Waals surface area contributed by atoms with Crippen LogP contribution in [0, 0.1) is 0 Å². The second-order valence-corrected chi connectivity index (χ2v) is 19.2. The maximum atomic E-state index is 12.8. The fraction of sp³-hybridized carbons (Fsp3) is 0.936. The Kier molecular flexibility index (Phi) is 39.1. The predicted molar refractivity (Wildman–Crippen MR) is 238 cm³/mol. The van der Waals surface area contributed by atoms with E-state index in [4.69, 9.17) is 9.05 Å². The average Bonchev–Trinajstić information content (AvgIpc) is 3.15. The Hall–Kier alpha value is -0.760. The number of nitrogens with one attached hydrogen (secondary N) is 1. The standard InChI is InChI=1S/C47H95N2O6P/c1-6-8-10-12-14-16-18-19-20-21-22-23-24-25-26-27-28-29-30-31-32-34-36-38-40-46(50)45(44-55-56(52,53)54-43-42-49(3,4)5)48-47(51)41-39-37-35-33-17-15-13-11-9-7-2/h38,40,45-46,50H,6-37,39,41-44H2,1-5H3,(H-,48,51,52,53)/b40-38+. The molecule has 3 atom stereocenters. The van der Waals surface area contributed by atoms with Gasteiger partial charge in [0.15, 0.2) is 0 Å². The third-order valence-electron chi connectivity index (χ3n) is 11.0. The summed E-state index contributed by atoms with van der Waals surface area (Å²) < 4.78 is 23.2. The zero-order chi connectivity index (χ0) is 41.4. The van der Waals surface area contributed by atoms with Gasteiger partial charge in [0, 0.05) is 6.42 Å². The number of phosphoric acid groups is 1. The number of allylic oxidation sites excluding steroid dienone is 1. The highest BCUT2D eigenvalue weighted by molar-refractivity contribution is 7.45. The molecule has 0 aliphatic rings. The van der Waals surface area contributed by atoms with Gasteiger partial charge in [-0.2, -0.15) is 0 Å². The molecule has 56 heavy (non-hydrogen) atoms. The number of aliphatic hydroxyl groups is 1. The molecule has 2 N–H and O–H groups in total. The van der Waals surface area contributed by atoms with Crippen molar-refractivity contribution in [2.24, 2.45) is 0 Å². The van der Waals surface area contributed by atoms with E-state index in [1.54, 1.807) is 6.08 Å². The molecule has 0 aromatic heterocycles. The van der Waals surface area contributed by atoms with E-state index in [-0.39, 0.29) is 19.1 Å². The number of amides is 1. The molecule has 0 radical (unpaired) electrons. The summed E-state index contributed by atoms with van der Waals surface area (Å²) in [5.74, 6) is -0.197. The van der Waals surface area contributed by atoms with E-state index >= 15 is 0 Å². The van der Waals surface area contributed by atoms with Gasteiger partial charge in [-0.3, -0.25) is 9.36 Å². The number of hydrogen-bond acceptors (Lipinski definition) is 6. The predicted octanol–water partition coefficient (Wildman–Crippen LogP) is 12.9. The summed E-state index contributed by atoms with van der Waals surface area (Å²) in [6, 6.07) is -0.879. The van der Waals surface area contributed by atoms with Crippen LogP contribution in [0.5, 0.6) is 0 Å². The van der Waals surface area contributed by atoms with E-state index in [9.17, 15) is 19.4 Å². The van der Waals surface area contributed by atoms with Crippen molar-refractivity contribution in [1.82, 2.24) is 5.32 Å². The second-order valence-electron chi connectivity index (χ2n) is 17.8. The first-order chi connectivity index (χ1) is 27.0.